The highest BCUT2D eigenvalue weighted by molar-refractivity contribution is 5.93. The molecule has 3 rings (SSSR count). The van der Waals surface area contributed by atoms with Crippen LogP contribution in [0.4, 0.5) is 10.1 Å². The van der Waals surface area contributed by atoms with Gasteiger partial charge in [0, 0.05) is 30.4 Å². The van der Waals surface area contributed by atoms with Gasteiger partial charge in [-0.3, -0.25) is 4.79 Å². The zero-order chi connectivity index (χ0) is 16.4. The number of hydrogen-bond donors (Lipinski definition) is 1. The molecule has 0 spiro atoms. The van der Waals surface area contributed by atoms with Gasteiger partial charge < -0.3 is 14.6 Å². The first-order chi connectivity index (χ1) is 11.0. The van der Waals surface area contributed by atoms with Gasteiger partial charge >= 0.3 is 0 Å². The second-order valence-corrected chi connectivity index (χ2v) is 6.11. The molecule has 4 nitrogen and oxygen atoms in total. The van der Waals surface area contributed by atoms with E-state index in [1.54, 1.807) is 12.1 Å². The number of aryl methyl sites for hydroxylation is 2. The van der Waals surface area contributed by atoms with E-state index in [-0.39, 0.29) is 17.8 Å². The molecule has 0 saturated carbocycles. The number of hydrogen-bond acceptors (Lipinski definition) is 3. The minimum absolute atomic E-state index is 0.0544. The predicted molar refractivity (Wildman–Crippen MR) is 87.1 cm³/mol. The molecular formula is C18H21FN2O2. The van der Waals surface area contributed by atoms with Crippen LogP contribution in [-0.2, 0) is 0 Å². The molecule has 1 saturated heterocycles. The van der Waals surface area contributed by atoms with Gasteiger partial charge in [-0.25, -0.2) is 4.39 Å². The SMILES string of the molecule is Cc1cc(C)c(C(=O)N2CCC[C@@H](Nc3ccc(F)cc3)C2)o1. The third kappa shape index (κ3) is 3.55. The van der Waals surface area contributed by atoms with Gasteiger partial charge in [-0.1, -0.05) is 0 Å². The zero-order valence-electron chi connectivity index (χ0n) is 13.4. The van der Waals surface area contributed by atoms with Gasteiger partial charge in [0.1, 0.15) is 11.6 Å². The molecule has 2 heterocycles. The van der Waals surface area contributed by atoms with Crippen molar-refractivity contribution in [1.29, 1.82) is 0 Å². The average molecular weight is 316 g/mol. The lowest BCUT2D eigenvalue weighted by molar-refractivity contribution is 0.0680. The number of piperidine rings is 1. The fraction of sp³-hybridized carbons (Fsp3) is 0.389. The van der Waals surface area contributed by atoms with E-state index in [0.717, 1.165) is 36.4 Å². The highest BCUT2D eigenvalue weighted by Gasteiger charge is 2.27. The van der Waals surface area contributed by atoms with Crippen molar-refractivity contribution < 1.29 is 13.6 Å². The van der Waals surface area contributed by atoms with Gasteiger partial charge in [-0.2, -0.15) is 0 Å². The first kappa shape index (κ1) is 15.6. The Labute approximate surface area is 135 Å². The van der Waals surface area contributed by atoms with Crippen molar-refractivity contribution in [3.05, 3.63) is 53.2 Å². The molecule has 0 bridgehead atoms. The molecule has 2 aromatic rings. The molecule has 122 valence electrons. The number of nitrogens with one attached hydrogen (secondary N) is 1. The summed E-state index contributed by atoms with van der Waals surface area (Å²) in [6.07, 6.45) is 1.92. The van der Waals surface area contributed by atoms with Gasteiger partial charge in [-0.15, -0.1) is 0 Å². The Morgan fingerprint density at radius 1 is 1.30 bits per heavy atom. The molecule has 1 aromatic heterocycles. The Balaban J connectivity index is 1.67. The van der Waals surface area contributed by atoms with E-state index in [1.807, 2.05) is 24.8 Å². The molecule has 1 amide bonds. The summed E-state index contributed by atoms with van der Waals surface area (Å²) in [5, 5.41) is 3.37. The van der Waals surface area contributed by atoms with Gasteiger partial charge in [0.2, 0.25) is 0 Å². The third-order valence-corrected chi connectivity index (χ3v) is 4.16. The topological polar surface area (TPSA) is 45.5 Å². The lowest BCUT2D eigenvalue weighted by atomic mass is 10.0. The Hall–Kier alpha value is -2.30. The summed E-state index contributed by atoms with van der Waals surface area (Å²) < 4.78 is 18.5. The van der Waals surface area contributed by atoms with Crippen molar-refractivity contribution in [2.24, 2.45) is 0 Å². The molecule has 0 unspecified atom stereocenters. The number of nitrogens with zero attached hydrogens (tertiary/aromatic N) is 1. The molecule has 5 heteroatoms. The van der Waals surface area contributed by atoms with Crippen LogP contribution < -0.4 is 5.32 Å². The maximum absolute atomic E-state index is 13.0. The number of furan rings is 1. The molecule has 23 heavy (non-hydrogen) atoms. The fourth-order valence-corrected chi connectivity index (χ4v) is 3.06. The summed E-state index contributed by atoms with van der Waals surface area (Å²) in [6.45, 7) is 5.09. The van der Waals surface area contributed by atoms with Crippen LogP contribution in [0.25, 0.3) is 0 Å². The van der Waals surface area contributed by atoms with Gasteiger partial charge in [0.25, 0.3) is 5.91 Å². The first-order valence-corrected chi connectivity index (χ1v) is 7.91. The van der Waals surface area contributed by atoms with Crippen LogP contribution in [0, 0.1) is 19.7 Å². The average Bonchev–Trinajstić information content (AvgIpc) is 2.88. The summed E-state index contributed by atoms with van der Waals surface area (Å²) in [5.74, 6) is 0.884. The number of anilines is 1. The lowest BCUT2D eigenvalue weighted by Crippen LogP contribution is -2.45. The zero-order valence-corrected chi connectivity index (χ0v) is 13.4. The second kappa shape index (κ2) is 6.44. The standard InChI is InChI=1S/C18H21FN2O2/c1-12-10-13(2)23-17(12)18(22)21-9-3-4-16(11-21)20-15-7-5-14(19)6-8-15/h5-8,10,16,20H,3-4,9,11H2,1-2H3/t16-/m1/s1. The summed E-state index contributed by atoms with van der Waals surface area (Å²) in [4.78, 5) is 14.5. The largest absolute Gasteiger partial charge is 0.456 e. The van der Waals surface area contributed by atoms with Crippen LogP contribution in [0.2, 0.25) is 0 Å². The highest BCUT2D eigenvalue weighted by atomic mass is 19.1. The van der Waals surface area contributed by atoms with Crippen LogP contribution in [-0.4, -0.2) is 29.9 Å². The number of likely N-dealkylation sites (tertiary alicyclic amines) is 1. The first-order valence-electron chi connectivity index (χ1n) is 7.91. The van der Waals surface area contributed by atoms with Crippen molar-refractivity contribution >= 4 is 11.6 Å². The molecule has 1 N–H and O–H groups in total. The van der Waals surface area contributed by atoms with Crippen molar-refractivity contribution in [3.8, 4) is 0 Å². The Kier molecular flexibility index (Phi) is 4.37. The molecular weight excluding hydrogens is 295 g/mol. The Morgan fingerprint density at radius 3 is 2.70 bits per heavy atom. The third-order valence-electron chi connectivity index (χ3n) is 4.16. The normalized spacial score (nSPS) is 18.0. The number of rotatable bonds is 3. The summed E-state index contributed by atoms with van der Waals surface area (Å²) in [5.41, 5.74) is 1.75. The number of carbonyl (C=O) groups excluding carboxylic acids is 1. The van der Waals surface area contributed by atoms with Gasteiger partial charge in [0.15, 0.2) is 5.76 Å². The van der Waals surface area contributed by atoms with Gasteiger partial charge in [0.05, 0.1) is 0 Å². The molecule has 1 aromatic carbocycles. The van der Waals surface area contributed by atoms with Crippen LogP contribution in [0.1, 0.15) is 34.7 Å². The van der Waals surface area contributed by atoms with Crippen molar-refractivity contribution in [2.45, 2.75) is 32.7 Å². The number of carbonyl (C=O) groups is 1. The van der Waals surface area contributed by atoms with Gasteiger partial charge in [-0.05, 0) is 57.0 Å². The van der Waals surface area contributed by atoms with E-state index in [4.69, 9.17) is 4.42 Å². The maximum atomic E-state index is 13.0. The van der Waals surface area contributed by atoms with Crippen LogP contribution in [0.15, 0.2) is 34.7 Å². The van der Waals surface area contributed by atoms with Crippen LogP contribution >= 0.6 is 0 Å². The fourth-order valence-electron chi connectivity index (χ4n) is 3.06. The smallest absolute Gasteiger partial charge is 0.289 e. The summed E-state index contributed by atoms with van der Waals surface area (Å²) in [6, 6.07) is 8.35. The second-order valence-electron chi connectivity index (χ2n) is 6.11. The van der Waals surface area contributed by atoms with E-state index in [9.17, 15) is 9.18 Å². The summed E-state index contributed by atoms with van der Waals surface area (Å²) in [7, 11) is 0. The molecule has 1 aliphatic rings. The number of halogens is 1. The molecule has 0 aliphatic carbocycles. The molecule has 1 atom stereocenters. The number of amides is 1. The van der Waals surface area contributed by atoms with Crippen molar-refractivity contribution in [2.75, 3.05) is 18.4 Å². The van der Waals surface area contributed by atoms with E-state index < -0.39 is 0 Å². The van der Waals surface area contributed by atoms with Crippen LogP contribution in [0.5, 0.6) is 0 Å². The highest BCUT2D eigenvalue weighted by Crippen LogP contribution is 2.21. The monoisotopic (exact) mass is 316 g/mol. The number of benzene rings is 1. The summed E-state index contributed by atoms with van der Waals surface area (Å²) >= 11 is 0. The quantitative estimate of drug-likeness (QED) is 0.938. The van der Waals surface area contributed by atoms with E-state index in [1.165, 1.54) is 12.1 Å². The molecule has 0 radical (unpaired) electrons. The van der Waals surface area contributed by atoms with Crippen LogP contribution in [0.3, 0.4) is 0 Å². The minimum atomic E-state index is -0.250. The molecule has 1 fully saturated rings. The maximum Gasteiger partial charge on any atom is 0.289 e. The lowest BCUT2D eigenvalue weighted by Gasteiger charge is -2.33. The minimum Gasteiger partial charge on any atom is -0.456 e. The predicted octanol–water partition coefficient (Wildman–Crippen LogP) is 3.75. The van der Waals surface area contributed by atoms with Crippen molar-refractivity contribution in [3.63, 3.8) is 0 Å². The molecule has 1 aliphatic heterocycles. The van der Waals surface area contributed by atoms with E-state index in [2.05, 4.69) is 5.32 Å². The Bertz CT molecular complexity index is 694. The van der Waals surface area contributed by atoms with E-state index in [0.29, 0.717) is 12.3 Å². The Morgan fingerprint density at radius 2 is 2.04 bits per heavy atom. The van der Waals surface area contributed by atoms with Crippen molar-refractivity contribution in [1.82, 2.24) is 4.90 Å². The van der Waals surface area contributed by atoms with E-state index >= 15 is 0 Å².